The monoisotopic (exact) mass is 337 g/mol. The average Bonchev–Trinajstić information content (AvgIpc) is 2.38. The summed E-state index contributed by atoms with van der Waals surface area (Å²) < 4.78 is 19.0. The number of carbonyl (C=O) groups excluding carboxylic acids is 1. The zero-order chi connectivity index (χ0) is 14.5. The standard InChI is InChI=1S/C15H13BrFNO2/c1-10-4-2-3-5-14(10)18-15(19)9-20-13-7-11(16)6-12(17)8-13/h2-8H,9H2,1H3,(H,18,19). The molecule has 104 valence electrons. The van der Waals surface area contributed by atoms with Crippen molar-refractivity contribution in [1.82, 2.24) is 0 Å². The molecule has 0 saturated carbocycles. The average molecular weight is 338 g/mol. The van der Waals surface area contributed by atoms with Gasteiger partial charge in [-0.3, -0.25) is 4.79 Å². The molecule has 0 radical (unpaired) electrons. The summed E-state index contributed by atoms with van der Waals surface area (Å²) in [5.74, 6) is -0.412. The Morgan fingerprint density at radius 3 is 2.75 bits per heavy atom. The van der Waals surface area contributed by atoms with Crippen molar-refractivity contribution in [3.05, 3.63) is 58.3 Å². The molecule has 0 aliphatic heterocycles. The number of aryl methyl sites for hydroxylation is 1. The number of nitrogens with one attached hydrogen (secondary N) is 1. The number of benzene rings is 2. The minimum Gasteiger partial charge on any atom is -0.484 e. The van der Waals surface area contributed by atoms with E-state index in [1.165, 1.54) is 12.1 Å². The first-order valence-corrected chi connectivity index (χ1v) is 6.78. The Balaban J connectivity index is 1.94. The maximum absolute atomic E-state index is 13.1. The van der Waals surface area contributed by atoms with Crippen LogP contribution in [-0.2, 0) is 4.79 Å². The van der Waals surface area contributed by atoms with Gasteiger partial charge in [-0.15, -0.1) is 0 Å². The summed E-state index contributed by atoms with van der Waals surface area (Å²) in [4.78, 5) is 11.8. The summed E-state index contributed by atoms with van der Waals surface area (Å²) in [7, 11) is 0. The van der Waals surface area contributed by atoms with Crippen molar-refractivity contribution >= 4 is 27.5 Å². The Bertz CT molecular complexity index is 611. The van der Waals surface area contributed by atoms with Crippen molar-refractivity contribution in [2.75, 3.05) is 11.9 Å². The molecule has 0 bridgehead atoms. The van der Waals surface area contributed by atoms with Gasteiger partial charge in [0.2, 0.25) is 0 Å². The van der Waals surface area contributed by atoms with Gasteiger partial charge in [0.05, 0.1) is 0 Å². The van der Waals surface area contributed by atoms with E-state index in [2.05, 4.69) is 21.2 Å². The molecule has 2 aromatic rings. The van der Waals surface area contributed by atoms with Crippen molar-refractivity contribution in [2.24, 2.45) is 0 Å². The highest BCUT2D eigenvalue weighted by Gasteiger charge is 2.06. The Kier molecular flexibility index (Phi) is 4.74. The molecule has 0 spiro atoms. The summed E-state index contributed by atoms with van der Waals surface area (Å²) in [5, 5.41) is 2.74. The van der Waals surface area contributed by atoms with E-state index < -0.39 is 5.82 Å². The maximum atomic E-state index is 13.1. The minimum atomic E-state index is -0.423. The second-order valence-electron chi connectivity index (χ2n) is 4.26. The molecule has 20 heavy (non-hydrogen) atoms. The molecular formula is C15H13BrFNO2. The van der Waals surface area contributed by atoms with E-state index in [-0.39, 0.29) is 12.5 Å². The zero-order valence-electron chi connectivity index (χ0n) is 10.8. The summed E-state index contributed by atoms with van der Waals surface area (Å²) in [6.07, 6.45) is 0. The topological polar surface area (TPSA) is 38.3 Å². The molecule has 5 heteroatoms. The van der Waals surface area contributed by atoms with E-state index in [4.69, 9.17) is 4.74 Å². The summed E-state index contributed by atoms with van der Waals surface area (Å²) in [5.41, 5.74) is 1.70. The van der Waals surface area contributed by atoms with Gasteiger partial charge in [0, 0.05) is 16.2 Å². The zero-order valence-corrected chi connectivity index (χ0v) is 12.4. The Morgan fingerprint density at radius 2 is 2.05 bits per heavy atom. The third-order valence-corrected chi connectivity index (χ3v) is 3.08. The van der Waals surface area contributed by atoms with E-state index in [9.17, 15) is 9.18 Å². The van der Waals surface area contributed by atoms with Gasteiger partial charge in [-0.05, 0) is 30.7 Å². The predicted molar refractivity (Wildman–Crippen MR) is 79.4 cm³/mol. The van der Waals surface area contributed by atoms with Gasteiger partial charge in [0.25, 0.3) is 5.91 Å². The Labute approximate surface area is 124 Å². The van der Waals surface area contributed by atoms with E-state index in [0.29, 0.717) is 10.2 Å². The molecule has 0 aliphatic carbocycles. The Morgan fingerprint density at radius 1 is 1.30 bits per heavy atom. The lowest BCUT2D eigenvalue weighted by Crippen LogP contribution is -2.20. The lowest BCUT2D eigenvalue weighted by Gasteiger charge is -2.09. The van der Waals surface area contributed by atoms with Crippen molar-refractivity contribution in [2.45, 2.75) is 6.92 Å². The molecule has 0 atom stereocenters. The molecule has 3 nitrogen and oxygen atoms in total. The van der Waals surface area contributed by atoms with E-state index in [0.717, 1.165) is 11.3 Å². The maximum Gasteiger partial charge on any atom is 0.262 e. The summed E-state index contributed by atoms with van der Waals surface area (Å²) in [6.45, 7) is 1.73. The fourth-order valence-electron chi connectivity index (χ4n) is 1.66. The van der Waals surface area contributed by atoms with Gasteiger partial charge in [-0.1, -0.05) is 34.1 Å². The molecule has 0 fully saturated rings. The molecule has 0 saturated heterocycles. The van der Waals surface area contributed by atoms with Crippen molar-refractivity contribution in [3.8, 4) is 5.75 Å². The third kappa shape index (κ3) is 4.06. The van der Waals surface area contributed by atoms with Crippen LogP contribution < -0.4 is 10.1 Å². The van der Waals surface area contributed by atoms with Crippen LogP contribution in [0, 0.1) is 12.7 Å². The first-order chi connectivity index (χ1) is 9.54. The highest BCUT2D eigenvalue weighted by atomic mass is 79.9. The number of rotatable bonds is 4. The molecule has 1 N–H and O–H groups in total. The molecule has 0 unspecified atom stereocenters. The number of amides is 1. The third-order valence-electron chi connectivity index (χ3n) is 2.63. The van der Waals surface area contributed by atoms with Gasteiger partial charge in [0.1, 0.15) is 11.6 Å². The van der Waals surface area contributed by atoms with Crippen LogP contribution in [0.4, 0.5) is 10.1 Å². The van der Waals surface area contributed by atoms with Crippen LogP contribution in [0.3, 0.4) is 0 Å². The number of para-hydroxylation sites is 1. The quantitative estimate of drug-likeness (QED) is 0.918. The number of carbonyl (C=O) groups is 1. The highest BCUT2D eigenvalue weighted by molar-refractivity contribution is 9.10. The molecule has 2 aromatic carbocycles. The van der Waals surface area contributed by atoms with Crippen molar-refractivity contribution in [3.63, 3.8) is 0 Å². The normalized spacial score (nSPS) is 10.2. The lowest BCUT2D eigenvalue weighted by atomic mass is 10.2. The van der Waals surface area contributed by atoms with Crippen molar-refractivity contribution < 1.29 is 13.9 Å². The van der Waals surface area contributed by atoms with Gasteiger partial charge < -0.3 is 10.1 Å². The van der Waals surface area contributed by atoms with Crippen molar-refractivity contribution in [1.29, 1.82) is 0 Å². The van der Waals surface area contributed by atoms with E-state index in [1.807, 2.05) is 31.2 Å². The Hall–Kier alpha value is -1.88. The number of hydrogen-bond acceptors (Lipinski definition) is 2. The lowest BCUT2D eigenvalue weighted by molar-refractivity contribution is -0.118. The molecule has 0 heterocycles. The second-order valence-corrected chi connectivity index (χ2v) is 5.17. The molecular weight excluding hydrogens is 325 g/mol. The first-order valence-electron chi connectivity index (χ1n) is 5.99. The summed E-state index contributed by atoms with van der Waals surface area (Å²) in [6, 6.07) is 11.6. The van der Waals surface area contributed by atoms with Crippen LogP contribution in [0.15, 0.2) is 46.9 Å². The van der Waals surface area contributed by atoms with Crippen LogP contribution in [0.2, 0.25) is 0 Å². The number of anilines is 1. The minimum absolute atomic E-state index is 0.176. The molecule has 1 amide bonds. The summed E-state index contributed by atoms with van der Waals surface area (Å²) >= 11 is 3.16. The fourth-order valence-corrected chi connectivity index (χ4v) is 2.10. The van der Waals surface area contributed by atoms with E-state index >= 15 is 0 Å². The number of hydrogen-bond donors (Lipinski definition) is 1. The molecule has 2 rings (SSSR count). The van der Waals surface area contributed by atoms with Gasteiger partial charge >= 0.3 is 0 Å². The second kappa shape index (κ2) is 6.52. The number of ether oxygens (including phenoxy) is 1. The first kappa shape index (κ1) is 14.5. The number of halogens is 2. The fraction of sp³-hybridized carbons (Fsp3) is 0.133. The van der Waals surface area contributed by atoms with Crippen LogP contribution in [0.1, 0.15) is 5.56 Å². The van der Waals surface area contributed by atoms with Gasteiger partial charge in [0.15, 0.2) is 6.61 Å². The van der Waals surface area contributed by atoms with Crippen LogP contribution >= 0.6 is 15.9 Å². The van der Waals surface area contributed by atoms with Gasteiger partial charge in [-0.25, -0.2) is 4.39 Å². The van der Waals surface area contributed by atoms with E-state index in [1.54, 1.807) is 6.07 Å². The molecule has 0 aromatic heterocycles. The van der Waals surface area contributed by atoms with Crippen LogP contribution in [-0.4, -0.2) is 12.5 Å². The smallest absolute Gasteiger partial charge is 0.262 e. The molecule has 0 aliphatic rings. The largest absolute Gasteiger partial charge is 0.484 e. The highest BCUT2D eigenvalue weighted by Crippen LogP contribution is 2.20. The van der Waals surface area contributed by atoms with Crippen LogP contribution in [0.25, 0.3) is 0 Å². The van der Waals surface area contributed by atoms with Gasteiger partial charge in [-0.2, -0.15) is 0 Å². The predicted octanol–water partition coefficient (Wildman–Crippen LogP) is 3.91. The van der Waals surface area contributed by atoms with Crippen LogP contribution in [0.5, 0.6) is 5.75 Å². The SMILES string of the molecule is Cc1ccccc1NC(=O)COc1cc(F)cc(Br)c1.